The fourth-order valence-corrected chi connectivity index (χ4v) is 3.36. The van der Waals surface area contributed by atoms with E-state index in [1.807, 2.05) is 11.3 Å². The van der Waals surface area contributed by atoms with Crippen molar-refractivity contribution in [2.75, 3.05) is 18.0 Å². The third-order valence-corrected chi connectivity index (χ3v) is 5.26. The van der Waals surface area contributed by atoms with Crippen LogP contribution in [-0.2, 0) is 6.54 Å². The number of hydrogen-bond donors (Lipinski definition) is 1. The van der Waals surface area contributed by atoms with E-state index in [2.05, 4.69) is 15.6 Å². The quantitative estimate of drug-likeness (QED) is 0.791. The first kappa shape index (κ1) is 12.2. The lowest BCUT2D eigenvalue weighted by Crippen LogP contribution is -2.28. The summed E-state index contributed by atoms with van der Waals surface area (Å²) in [5.41, 5.74) is 1.24. The first-order valence-electron chi connectivity index (χ1n) is 7.79. The van der Waals surface area contributed by atoms with Gasteiger partial charge in [-0.1, -0.05) is 0 Å². The highest BCUT2D eigenvalue weighted by atomic mass is 32.1. The second-order valence-electron chi connectivity index (χ2n) is 6.57. The number of rotatable bonds is 8. The van der Waals surface area contributed by atoms with Crippen LogP contribution in [0.15, 0.2) is 5.38 Å². The molecule has 0 aromatic carbocycles. The average molecular weight is 277 g/mol. The molecule has 0 spiro atoms. The van der Waals surface area contributed by atoms with Crippen LogP contribution in [0.5, 0.6) is 0 Å². The molecule has 3 fully saturated rings. The summed E-state index contributed by atoms with van der Waals surface area (Å²) in [5.74, 6) is 1.91. The van der Waals surface area contributed by atoms with Crippen LogP contribution in [0.3, 0.4) is 0 Å². The smallest absolute Gasteiger partial charge is 0.185 e. The van der Waals surface area contributed by atoms with Crippen molar-refractivity contribution in [2.45, 2.75) is 51.1 Å². The number of thiazole rings is 1. The Morgan fingerprint density at radius 1 is 1.11 bits per heavy atom. The van der Waals surface area contributed by atoms with Crippen molar-refractivity contribution < 1.29 is 0 Å². The Kier molecular flexibility index (Phi) is 3.24. The van der Waals surface area contributed by atoms with Gasteiger partial charge in [-0.15, -0.1) is 11.3 Å². The lowest BCUT2D eigenvalue weighted by Gasteiger charge is -2.21. The fraction of sp³-hybridized carbons (Fsp3) is 0.800. The molecule has 104 valence electrons. The van der Waals surface area contributed by atoms with E-state index in [4.69, 9.17) is 4.98 Å². The van der Waals surface area contributed by atoms with Gasteiger partial charge in [-0.2, -0.15) is 0 Å². The van der Waals surface area contributed by atoms with E-state index < -0.39 is 0 Å². The van der Waals surface area contributed by atoms with Gasteiger partial charge in [0.25, 0.3) is 0 Å². The van der Waals surface area contributed by atoms with Crippen LogP contribution in [0.4, 0.5) is 5.13 Å². The molecule has 3 aliphatic rings. The molecular weight excluding hydrogens is 254 g/mol. The van der Waals surface area contributed by atoms with Gasteiger partial charge in [0.05, 0.1) is 5.69 Å². The molecule has 0 saturated heterocycles. The monoisotopic (exact) mass is 277 g/mol. The Morgan fingerprint density at radius 2 is 1.79 bits per heavy atom. The van der Waals surface area contributed by atoms with Gasteiger partial charge in [0, 0.05) is 31.1 Å². The maximum absolute atomic E-state index is 4.85. The highest BCUT2D eigenvalue weighted by Gasteiger charge is 2.30. The molecule has 1 N–H and O–H groups in total. The van der Waals surface area contributed by atoms with Gasteiger partial charge in [0.2, 0.25) is 0 Å². The number of anilines is 1. The van der Waals surface area contributed by atoms with Crippen LogP contribution in [0.25, 0.3) is 0 Å². The molecule has 0 unspecified atom stereocenters. The van der Waals surface area contributed by atoms with E-state index in [0.29, 0.717) is 0 Å². The molecule has 4 heteroatoms. The van der Waals surface area contributed by atoms with Gasteiger partial charge in [-0.3, -0.25) is 0 Å². The maximum Gasteiger partial charge on any atom is 0.185 e. The topological polar surface area (TPSA) is 28.2 Å². The zero-order valence-electron chi connectivity index (χ0n) is 11.5. The molecule has 1 aromatic rings. The normalized spacial score (nSPS) is 22.7. The van der Waals surface area contributed by atoms with E-state index in [9.17, 15) is 0 Å². The predicted molar refractivity (Wildman–Crippen MR) is 79.6 cm³/mol. The third-order valence-electron chi connectivity index (χ3n) is 4.31. The summed E-state index contributed by atoms with van der Waals surface area (Å²) < 4.78 is 0. The summed E-state index contributed by atoms with van der Waals surface area (Å²) in [5, 5.41) is 7.07. The molecule has 3 saturated carbocycles. The molecule has 0 atom stereocenters. The second kappa shape index (κ2) is 5.06. The molecule has 0 bridgehead atoms. The zero-order valence-corrected chi connectivity index (χ0v) is 12.3. The highest BCUT2D eigenvalue weighted by Crippen LogP contribution is 2.36. The minimum atomic E-state index is 0.777. The van der Waals surface area contributed by atoms with Crippen LogP contribution >= 0.6 is 11.3 Å². The van der Waals surface area contributed by atoms with Gasteiger partial charge in [-0.25, -0.2) is 4.98 Å². The van der Waals surface area contributed by atoms with Crippen LogP contribution in [0, 0.1) is 11.8 Å². The Hall–Kier alpha value is -0.610. The summed E-state index contributed by atoms with van der Waals surface area (Å²) in [6.45, 7) is 3.46. The summed E-state index contributed by atoms with van der Waals surface area (Å²) in [6, 6.07) is 0.777. The number of nitrogens with one attached hydrogen (secondary N) is 1. The van der Waals surface area contributed by atoms with Crippen LogP contribution in [-0.4, -0.2) is 24.1 Å². The Bertz CT molecular complexity index is 418. The van der Waals surface area contributed by atoms with Gasteiger partial charge >= 0.3 is 0 Å². The summed E-state index contributed by atoms with van der Waals surface area (Å²) in [7, 11) is 0. The van der Waals surface area contributed by atoms with Crippen molar-refractivity contribution in [2.24, 2.45) is 11.8 Å². The van der Waals surface area contributed by atoms with Crippen molar-refractivity contribution >= 4 is 16.5 Å². The lowest BCUT2D eigenvalue weighted by molar-refractivity contribution is 0.663. The molecule has 0 aliphatic heterocycles. The molecule has 0 radical (unpaired) electrons. The summed E-state index contributed by atoms with van der Waals surface area (Å²) >= 11 is 1.84. The molecule has 3 aliphatic carbocycles. The van der Waals surface area contributed by atoms with Crippen molar-refractivity contribution in [3.05, 3.63) is 11.1 Å². The van der Waals surface area contributed by atoms with Gasteiger partial charge in [-0.05, 0) is 50.4 Å². The number of hydrogen-bond acceptors (Lipinski definition) is 4. The minimum absolute atomic E-state index is 0.777. The lowest BCUT2D eigenvalue weighted by atomic mass is 10.3. The first-order chi connectivity index (χ1) is 9.37. The van der Waals surface area contributed by atoms with E-state index >= 15 is 0 Å². The number of aromatic nitrogens is 1. The standard InChI is InChI=1S/C15H23N3S/c1-2-11(1)8-18(9-12-3-4-12)15-17-14(10-19-15)7-16-13-5-6-13/h10-13,16H,1-9H2. The fourth-order valence-electron chi connectivity index (χ4n) is 2.51. The molecule has 0 amide bonds. The first-order valence-corrected chi connectivity index (χ1v) is 8.67. The molecular formula is C15H23N3S. The van der Waals surface area contributed by atoms with Gasteiger partial charge in [0.15, 0.2) is 5.13 Å². The molecule has 3 nitrogen and oxygen atoms in total. The Morgan fingerprint density at radius 3 is 2.37 bits per heavy atom. The van der Waals surface area contributed by atoms with Crippen molar-refractivity contribution in [1.82, 2.24) is 10.3 Å². The average Bonchev–Trinajstić information content (AvgIpc) is 3.24. The Balaban J connectivity index is 1.38. The van der Waals surface area contributed by atoms with Crippen molar-refractivity contribution in [3.63, 3.8) is 0 Å². The molecule has 1 aromatic heterocycles. The highest BCUT2D eigenvalue weighted by molar-refractivity contribution is 7.13. The van der Waals surface area contributed by atoms with Crippen LogP contribution < -0.4 is 10.2 Å². The second-order valence-corrected chi connectivity index (χ2v) is 7.40. The largest absolute Gasteiger partial charge is 0.348 e. The third kappa shape index (κ3) is 3.48. The van der Waals surface area contributed by atoms with Crippen LogP contribution in [0.2, 0.25) is 0 Å². The molecule has 19 heavy (non-hydrogen) atoms. The van der Waals surface area contributed by atoms with E-state index in [-0.39, 0.29) is 0 Å². The van der Waals surface area contributed by atoms with Gasteiger partial charge in [0.1, 0.15) is 0 Å². The Labute approximate surface area is 119 Å². The minimum Gasteiger partial charge on any atom is -0.348 e. The van der Waals surface area contributed by atoms with E-state index in [1.54, 1.807) is 0 Å². The molecule has 4 rings (SSSR count). The summed E-state index contributed by atoms with van der Waals surface area (Å²) in [4.78, 5) is 7.42. The number of nitrogens with zero attached hydrogens (tertiary/aromatic N) is 2. The SMILES string of the molecule is c1sc(N(CC2CC2)CC2CC2)nc1CNC1CC1. The maximum atomic E-state index is 4.85. The van der Waals surface area contributed by atoms with E-state index in [0.717, 1.165) is 24.4 Å². The molecule has 1 heterocycles. The van der Waals surface area contributed by atoms with Crippen molar-refractivity contribution in [1.29, 1.82) is 0 Å². The van der Waals surface area contributed by atoms with E-state index in [1.165, 1.54) is 62.4 Å². The van der Waals surface area contributed by atoms with Crippen LogP contribution in [0.1, 0.15) is 44.2 Å². The van der Waals surface area contributed by atoms with Crippen molar-refractivity contribution in [3.8, 4) is 0 Å². The summed E-state index contributed by atoms with van der Waals surface area (Å²) in [6.07, 6.45) is 8.44. The predicted octanol–water partition coefficient (Wildman–Crippen LogP) is 3.02. The van der Waals surface area contributed by atoms with Gasteiger partial charge < -0.3 is 10.2 Å². The zero-order chi connectivity index (χ0) is 12.7.